The van der Waals surface area contributed by atoms with Crippen molar-refractivity contribution in [3.05, 3.63) is 0 Å². The minimum atomic E-state index is -4.14. The normalized spacial score (nSPS) is 11.0. The smallest absolute Gasteiger partial charge is 1.00 e. The second kappa shape index (κ2) is 15.3. The molecule has 0 aromatic carbocycles. The van der Waals surface area contributed by atoms with Crippen molar-refractivity contribution in [3.8, 4) is 0 Å². The van der Waals surface area contributed by atoms with Gasteiger partial charge in [-0.2, -0.15) is 8.42 Å². The van der Waals surface area contributed by atoms with Gasteiger partial charge in [-0.05, 0) is 13.3 Å². The predicted octanol–water partition coefficient (Wildman–Crippen LogP) is 0.848. The van der Waals surface area contributed by atoms with Gasteiger partial charge < -0.3 is 5.61 Å². The molecule has 0 radical (unpaired) electrons. The summed E-state index contributed by atoms with van der Waals surface area (Å²) < 4.78 is 30.7. The average molecular weight is 332 g/mol. The maximum atomic E-state index is 11.3. The third-order valence-electron chi connectivity index (χ3n) is 2.94. The first-order chi connectivity index (χ1) is 9.52. The Morgan fingerprint density at radius 2 is 1.38 bits per heavy atom. The van der Waals surface area contributed by atoms with E-state index >= 15 is 0 Å². The molecule has 21 heavy (non-hydrogen) atoms. The Morgan fingerprint density at radius 3 is 1.86 bits per heavy atom. The Kier molecular flexibility index (Phi) is 17.2. The van der Waals surface area contributed by atoms with E-state index in [2.05, 4.69) is 15.3 Å². The fraction of sp³-hybridized carbons (Fsp3) is 0.929. The van der Waals surface area contributed by atoms with Gasteiger partial charge >= 0.3 is 45.9 Å². The number of unbranched alkanes of at least 4 members (excludes halogenated alkanes) is 8. The van der Waals surface area contributed by atoms with Crippen LogP contribution in [0.25, 0.3) is 0 Å². The van der Waals surface area contributed by atoms with Crippen molar-refractivity contribution < 1.29 is 52.6 Å². The number of hydrogen-bond donors (Lipinski definition) is 0. The molecule has 0 aliphatic heterocycles. The van der Waals surface area contributed by atoms with Crippen LogP contribution in [0.15, 0.2) is 0 Å². The molecule has 0 aliphatic carbocycles. The molecule has 0 aromatic rings. The van der Waals surface area contributed by atoms with Crippen molar-refractivity contribution in [2.24, 2.45) is 0 Å². The summed E-state index contributed by atoms with van der Waals surface area (Å²) in [6.45, 7) is 3.68. The van der Waals surface area contributed by atoms with E-state index in [-0.39, 0.29) is 44.0 Å². The van der Waals surface area contributed by atoms with Crippen LogP contribution in [0.4, 0.5) is 0 Å². The van der Waals surface area contributed by atoms with Gasteiger partial charge in [-0.1, -0.05) is 58.3 Å². The van der Waals surface area contributed by atoms with Gasteiger partial charge in [-0.15, -0.1) is 0 Å². The number of hydrogen-bond acceptors (Lipinski definition) is 5. The van der Waals surface area contributed by atoms with E-state index in [0.29, 0.717) is 6.42 Å². The Morgan fingerprint density at radius 1 is 0.905 bits per heavy atom. The van der Waals surface area contributed by atoms with Gasteiger partial charge in [0.2, 0.25) is 0 Å². The van der Waals surface area contributed by atoms with Gasteiger partial charge in [0.15, 0.2) is 0 Å². The summed E-state index contributed by atoms with van der Waals surface area (Å²) in [6.07, 6.45) is 10.4. The summed E-state index contributed by atoms with van der Waals surface area (Å²) in [5.41, 5.74) is 0. The fourth-order valence-electron chi connectivity index (χ4n) is 1.90. The van der Waals surface area contributed by atoms with Crippen LogP contribution in [0.2, 0.25) is 0 Å². The molecule has 0 rings (SSSR count). The maximum Gasteiger partial charge on any atom is 1.00 e. The van der Waals surface area contributed by atoms with Gasteiger partial charge in [0, 0.05) is 6.42 Å². The zero-order valence-electron chi connectivity index (χ0n) is 14.7. The first-order valence-corrected chi connectivity index (χ1v) is 8.96. The standard InChI is InChI=1S/C14H28O5S.Na.H/c1-3-5-6-7-8-9-10-11-12-13-14(15)19-20(16,17)18-4-2;;/h3-13H2,1-2H3;;/q;+1;-1. The molecule has 122 valence electrons. The summed E-state index contributed by atoms with van der Waals surface area (Å²) in [7, 11) is -4.14. The molecule has 5 nitrogen and oxygen atoms in total. The van der Waals surface area contributed by atoms with Crippen LogP contribution in [0, 0.1) is 0 Å². The Balaban J connectivity index is -0.00000180. The molecule has 0 saturated carbocycles. The first kappa shape index (κ1) is 23.6. The van der Waals surface area contributed by atoms with E-state index in [1.807, 2.05) is 0 Å². The van der Waals surface area contributed by atoms with Crippen LogP contribution in [-0.4, -0.2) is 21.0 Å². The summed E-state index contributed by atoms with van der Waals surface area (Å²) in [4.78, 5) is 11.3. The van der Waals surface area contributed by atoms with E-state index < -0.39 is 16.4 Å². The molecule has 0 atom stereocenters. The molecule has 7 heteroatoms. The number of carbonyl (C=O) groups excluding carboxylic acids is 1. The third kappa shape index (κ3) is 16.6. The van der Waals surface area contributed by atoms with E-state index in [0.717, 1.165) is 12.8 Å². The summed E-state index contributed by atoms with van der Waals surface area (Å²) >= 11 is 0. The second-order valence-corrected chi connectivity index (χ2v) is 6.07. The molecule has 0 heterocycles. The molecule has 0 saturated heterocycles. The average Bonchev–Trinajstić information content (AvgIpc) is 2.36. The van der Waals surface area contributed by atoms with Crippen molar-refractivity contribution in [2.45, 2.75) is 78.1 Å². The van der Waals surface area contributed by atoms with Crippen molar-refractivity contribution in [3.63, 3.8) is 0 Å². The molecule has 0 N–H and O–H groups in total. The maximum absolute atomic E-state index is 11.3. The molecule has 0 aromatic heterocycles. The zero-order valence-corrected chi connectivity index (χ0v) is 16.5. The predicted molar refractivity (Wildman–Crippen MR) is 79.6 cm³/mol. The number of carbonyl (C=O) groups is 1. The molecular weight excluding hydrogens is 303 g/mol. The molecular formula is C14H29NaO5S. The van der Waals surface area contributed by atoms with Crippen molar-refractivity contribution in [1.29, 1.82) is 0 Å². The van der Waals surface area contributed by atoms with E-state index in [9.17, 15) is 13.2 Å². The largest absolute Gasteiger partial charge is 1.00 e. The number of rotatable bonds is 13. The van der Waals surface area contributed by atoms with Gasteiger partial charge in [0.05, 0.1) is 6.61 Å². The van der Waals surface area contributed by atoms with E-state index in [1.165, 1.54) is 45.4 Å². The fourth-order valence-corrected chi connectivity index (χ4v) is 2.55. The molecule has 0 spiro atoms. The summed E-state index contributed by atoms with van der Waals surface area (Å²) in [5.74, 6) is -0.735. The van der Waals surface area contributed by atoms with Crippen molar-refractivity contribution in [1.82, 2.24) is 0 Å². The molecule has 0 bridgehead atoms. The minimum Gasteiger partial charge on any atom is -1.00 e. The van der Waals surface area contributed by atoms with E-state index in [1.54, 1.807) is 0 Å². The Hall–Kier alpha value is 0.380. The topological polar surface area (TPSA) is 69.7 Å². The van der Waals surface area contributed by atoms with Crippen LogP contribution in [0.5, 0.6) is 0 Å². The Bertz CT molecular complexity index is 349. The summed E-state index contributed by atoms with van der Waals surface area (Å²) in [5, 5.41) is 0. The first-order valence-electron chi connectivity index (χ1n) is 7.63. The van der Waals surface area contributed by atoms with Gasteiger partial charge in [-0.25, -0.2) is 4.18 Å². The van der Waals surface area contributed by atoms with Crippen LogP contribution in [-0.2, 0) is 23.6 Å². The molecule has 0 aliphatic rings. The van der Waals surface area contributed by atoms with Crippen LogP contribution in [0.1, 0.15) is 79.5 Å². The summed E-state index contributed by atoms with van der Waals surface area (Å²) in [6, 6.07) is 0. The minimum absolute atomic E-state index is 0. The quantitative estimate of drug-likeness (QED) is 0.369. The van der Waals surface area contributed by atoms with Crippen LogP contribution < -0.4 is 29.6 Å². The van der Waals surface area contributed by atoms with Gasteiger partial charge in [0.25, 0.3) is 0 Å². The second-order valence-electron chi connectivity index (χ2n) is 4.85. The zero-order chi connectivity index (χ0) is 15.3. The monoisotopic (exact) mass is 332 g/mol. The molecule has 0 fully saturated rings. The van der Waals surface area contributed by atoms with Crippen molar-refractivity contribution in [2.75, 3.05) is 6.61 Å². The third-order valence-corrected chi connectivity index (χ3v) is 3.86. The van der Waals surface area contributed by atoms with Crippen LogP contribution in [0.3, 0.4) is 0 Å². The van der Waals surface area contributed by atoms with Crippen molar-refractivity contribution >= 4 is 16.4 Å². The molecule has 0 amide bonds. The van der Waals surface area contributed by atoms with Gasteiger partial charge in [-0.3, -0.25) is 4.79 Å². The Labute approximate surface area is 153 Å². The van der Waals surface area contributed by atoms with Gasteiger partial charge in [0.1, 0.15) is 0 Å². The molecule has 0 unspecified atom stereocenters. The van der Waals surface area contributed by atoms with Crippen LogP contribution >= 0.6 is 0 Å². The van der Waals surface area contributed by atoms with E-state index in [4.69, 9.17) is 0 Å². The SMILES string of the molecule is CCCCCCCCCCCC(=O)OS(=O)(=O)OCC.[H-].[Na+].